The minimum atomic E-state index is 0.511. The quantitative estimate of drug-likeness (QED) is 0.379. The second-order valence-corrected chi connectivity index (χ2v) is 4.81. The highest BCUT2D eigenvalue weighted by Gasteiger charge is 2.14. The molecule has 0 saturated heterocycles. The van der Waals surface area contributed by atoms with Gasteiger partial charge in [0.05, 0.1) is 12.7 Å². The summed E-state index contributed by atoms with van der Waals surface area (Å²) >= 11 is 0. The third kappa shape index (κ3) is 8.06. The highest BCUT2D eigenvalue weighted by atomic mass is 16.5. The number of hydrogen-bond acceptors (Lipinski definition) is 3. The predicted molar refractivity (Wildman–Crippen MR) is 78.7 cm³/mol. The van der Waals surface area contributed by atoms with Gasteiger partial charge in [0.1, 0.15) is 0 Å². The van der Waals surface area contributed by atoms with Gasteiger partial charge in [0, 0.05) is 33.4 Å². The predicted octanol–water partition coefficient (Wildman–Crippen LogP) is 1.54. The zero-order valence-corrected chi connectivity index (χ0v) is 12.4. The average molecular weight is 271 g/mol. The van der Waals surface area contributed by atoms with Crippen molar-refractivity contribution in [2.75, 3.05) is 40.0 Å². The monoisotopic (exact) mass is 271 g/mol. The Hall–Kier alpha value is -0.810. The smallest absolute Gasteiger partial charge is 0.191 e. The first-order valence-electron chi connectivity index (χ1n) is 7.49. The highest BCUT2D eigenvalue weighted by Crippen LogP contribution is 2.20. The van der Waals surface area contributed by atoms with Crippen molar-refractivity contribution in [3.63, 3.8) is 0 Å². The molecule has 0 bridgehead atoms. The highest BCUT2D eigenvalue weighted by molar-refractivity contribution is 5.79. The molecule has 1 aliphatic rings. The fourth-order valence-electron chi connectivity index (χ4n) is 2.17. The van der Waals surface area contributed by atoms with E-state index in [1.54, 1.807) is 7.11 Å². The maximum atomic E-state index is 5.81. The van der Waals surface area contributed by atoms with E-state index in [9.17, 15) is 0 Å². The molecule has 0 radical (unpaired) electrons. The average Bonchev–Trinajstić information content (AvgIpc) is 2.91. The molecule has 2 N–H and O–H groups in total. The van der Waals surface area contributed by atoms with E-state index in [-0.39, 0.29) is 0 Å². The Bertz CT molecular complexity index is 241. The van der Waals surface area contributed by atoms with Gasteiger partial charge >= 0.3 is 0 Å². The molecule has 1 aliphatic carbocycles. The Morgan fingerprint density at radius 1 is 1.21 bits per heavy atom. The zero-order valence-electron chi connectivity index (χ0n) is 12.4. The molecular formula is C14H29N3O2. The summed E-state index contributed by atoms with van der Waals surface area (Å²) in [7, 11) is 1.70. The van der Waals surface area contributed by atoms with E-state index in [2.05, 4.69) is 22.5 Å². The molecule has 0 aromatic heterocycles. The van der Waals surface area contributed by atoms with Crippen LogP contribution in [0.15, 0.2) is 4.99 Å². The van der Waals surface area contributed by atoms with Crippen molar-refractivity contribution in [2.45, 2.75) is 45.1 Å². The van der Waals surface area contributed by atoms with Crippen molar-refractivity contribution in [3.05, 3.63) is 0 Å². The lowest BCUT2D eigenvalue weighted by molar-refractivity contribution is 0.0579. The lowest BCUT2D eigenvalue weighted by atomic mass is 10.3. The minimum Gasteiger partial charge on any atom is -0.383 e. The summed E-state index contributed by atoms with van der Waals surface area (Å²) < 4.78 is 10.8. The van der Waals surface area contributed by atoms with Gasteiger partial charge < -0.3 is 20.1 Å². The molecule has 0 atom stereocenters. The number of methoxy groups -OCH3 is 1. The lowest BCUT2D eigenvalue weighted by Crippen LogP contribution is -2.39. The summed E-state index contributed by atoms with van der Waals surface area (Å²) in [6.45, 7) is 6.03. The Kier molecular flexibility index (Phi) is 9.45. The molecule has 112 valence electrons. The minimum absolute atomic E-state index is 0.511. The van der Waals surface area contributed by atoms with Gasteiger partial charge in [-0.05, 0) is 26.2 Å². The number of rotatable bonds is 9. The van der Waals surface area contributed by atoms with Crippen molar-refractivity contribution in [1.29, 1.82) is 0 Å². The number of guanidine groups is 1. The Morgan fingerprint density at radius 3 is 2.68 bits per heavy atom. The van der Waals surface area contributed by atoms with Gasteiger partial charge in [-0.2, -0.15) is 0 Å². The van der Waals surface area contributed by atoms with Crippen molar-refractivity contribution in [2.24, 2.45) is 4.99 Å². The van der Waals surface area contributed by atoms with Crippen LogP contribution in [0.3, 0.4) is 0 Å². The van der Waals surface area contributed by atoms with Crippen LogP contribution in [0.5, 0.6) is 0 Å². The zero-order chi connectivity index (χ0) is 13.8. The third-order valence-corrected chi connectivity index (χ3v) is 3.17. The summed E-state index contributed by atoms with van der Waals surface area (Å²) in [4.78, 5) is 4.51. The van der Waals surface area contributed by atoms with E-state index in [0.717, 1.165) is 38.6 Å². The van der Waals surface area contributed by atoms with Crippen LogP contribution in [0.25, 0.3) is 0 Å². The van der Waals surface area contributed by atoms with E-state index >= 15 is 0 Å². The molecule has 5 nitrogen and oxygen atoms in total. The topological polar surface area (TPSA) is 54.9 Å². The van der Waals surface area contributed by atoms with E-state index in [1.807, 2.05) is 0 Å². The van der Waals surface area contributed by atoms with Crippen LogP contribution in [0.4, 0.5) is 0 Å². The Balaban J connectivity index is 2.07. The van der Waals surface area contributed by atoms with Crippen LogP contribution in [0.1, 0.15) is 39.0 Å². The molecule has 0 amide bonds. The number of nitrogens with one attached hydrogen (secondary N) is 2. The summed E-state index contributed by atoms with van der Waals surface area (Å²) in [5, 5.41) is 6.44. The largest absolute Gasteiger partial charge is 0.383 e. The SMILES string of the molecule is CCNC(=NCCCOC1CCCC1)NCCOC. The second-order valence-electron chi connectivity index (χ2n) is 4.81. The van der Waals surface area contributed by atoms with Gasteiger partial charge in [0.25, 0.3) is 0 Å². The second kappa shape index (κ2) is 11.1. The standard InChI is InChI=1S/C14H29N3O2/c1-3-15-14(17-10-12-18-2)16-9-6-11-19-13-7-4-5-8-13/h13H,3-12H2,1-2H3,(H2,15,16,17). The van der Waals surface area contributed by atoms with E-state index in [4.69, 9.17) is 9.47 Å². The summed E-state index contributed by atoms with van der Waals surface area (Å²) in [5.74, 6) is 0.861. The van der Waals surface area contributed by atoms with Crippen LogP contribution in [0, 0.1) is 0 Å². The number of ether oxygens (including phenoxy) is 2. The van der Waals surface area contributed by atoms with Crippen molar-refractivity contribution >= 4 is 5.96 Å². The molecular weight excluding hydrogens is 242 g/mol. The molecule has 0 spiro atoms. The van der Waals surface area contributed by atoms with Gasteiger partial charge in [-0.1, -0.05) is 12.8 Å². The summed E-state index contributed by atoms with van der Waals surface area (Å²) in [5.41, 5.74) is 0. The maximum Gasteiger partial charge on any atom is 0.191 e. The van der Waals surface area contributed by atoms with E-state index in [0.29, 0.717) is 12.7 Å². The van der Waals surface area contributed by atoms with Crippen LogP contribution in [-0.2, 0) is 9.47 Å². The van der Waals surface area contributed by atoms with Crippen LogP contribution < -0.4 is 10.6 Å². The summed E-state index contributed by atoms with van der Waals surface area (Å²) in [6, 6.07) is 0. The Labute approximate surface area is 117 Å². The number of nitrogens with zero attached hydrogens (tertiary/aromatic N) is 1. The van der Waals surface area contributed by atoms with Crippen molar-refractivity contribution < 1.29 is 9.47 Å². The molecule has 5 heteroatoms. The fourth-order valence-corrected chi connectivity index (χ4v) is 2.17. The van der Waals surface area contributed by atoms with Gasteiger partial charge in [-0.15, -0.1) is 0 Å². The third-order valence-electron chi connectivity index (χ3n) is 3.17. The van der Waals surface area contributed by atoms with Crippen LogP contribution in [0.2, 0.25) is 0 Å². The lowest BCUT2D eigenvalue weighted by Gasteiger charge is -2.12. The first-order chi connectivity index (χ1) is 9.36. The molecule has 1 saturated carbocycles. The van der Waals surface area contributed by atoms with Gasteiger partial charge in [-0.25, -0.2) is 0 Å². The molecule has 0 aromatic carbocycles. The summed E-state index contributed by atoms with van der Waals surface area (Å²) in [6.07, 6.45) is 6.64. The van der Waals surface area contributed by atoms with Gasteiger partial charge in [-0.3, -0.25) is 4.99 Å². The molecule has 0 aliphatic heterocycles. The van der Waals surface area contributed by atoms with E-state index < -0.39 is 0 Å². The number of aliphatic imine (C=N–C) groups is 1. The first kappa shape index (κ1) is 16.2. The first-order valence-corrected chi connectivity index (χ1v) is 7.49. The molecule has 0 aromatic rings. The molecule has 19 heavy (non-hydrogen) atoms. The van der Waals surface area contributed by atoms with Crippen molar-refractivity contribution in [1.82, 2.24) is 10.6 Å². The Morgan fingerprint density at radius 2 is 2.00 bits per heavy atom. The molecule has 1 fully saturated rings. The van der Waals surface area contributed by atoms with Crippen LogP contribution in [-0.4, -0.2) is 52.0 Å². The maximum absolute atomic E-state index is 5.81. The normalized spacial score (nSPS) is 16.8. The van der Waals surface area contributed by atoms with Crippen molar-refractivity contribution in [3.8, 4) is 0 Å². The van der Waals surface area contributed by atoms with Gasteiger partial charge in [0.15, 0.2) is 5.96 Å². The molecule has 1 rings (SSSR count). The molecule has 0 unspecified atom stereocenters. The number of hydrogen-bond donors (Lipinski definition) is 2. The van der Waals surface area contributed by atoms with Crippen LogP contribution >= 0.6 is 0 Å². The fraction of sp³-hybridized carbons (Fsp3) is 0.929. The molecule has 0 heterocycles. The van der Waals surface area contributed by atoms with Gasteiger partial charge in [0.2, 0.25) is 0 Å². The van der Waals surface area contributed by atoms with E-state index in [1.165, 1.54) is 25.7 Å².